The molecule has 0 aliphatic heterocycles. The van der Waals surface area contributed by atoms with E-state index < -0.39 is 40.2 Å². The van der Waals surface area contributed by atoms with Gasteiger partial charge in [0.2, 0.25) is 11.8 Å². The summed E-state index contributed by atoms with van der Waals surface area (Å²) in [5, 5.41) is 2.99. The summed E-state index contributed by atoms with van der Waals surface area (Å²) in [5.41, 5.74) is 3.85. The summed E-state index contributed by atoms with van der Waals surface area (Å²) in [6.45, 7) is 8.53. The molecule has 1 N–H and O–H groups in total. The second-order valence-electron chi connectivity index (χ2n) is 11.8. The highest BCUT2D eigenvalue weighted by atomic mass is 32.2. The number of amides is 2. The molecule has 7 nitrogen and oxygen atoms in total. The third-order valence-electron chi connectivity index (χ3n) is 8.08. The maximum absolute atomic E-state index is 15.1. The Balaban J connectivity index is 1.84. The first-order valence-corrected chi connectivity index (χ1v) is 16.9. The van der Waals surface area contributed by atoms with Gasteiger partial charge >= 0.3 is 0 Å². The fraction of sp³-hybridized carbons (Fsp3) is 0.297. The maximum atomic E-state index is 15.1. The Labute approximate surface area is 272 Å². The van der Waals surface area contributed by atoms with Crippen molar-refractivity contribution < 1.29 is 22.4 Å². The SMILES string of the molecule is CC[C@@H](C)NC(=O)[C@H](Cc1ccccc1)N(Cc1ccccc1F)C(=O)CN(c1ccc(C)cc1C)S(=O)(=O)c1ccc(C)cc1. The highest BCUT2D eigenvalue weighted by molar-refractivity contribution is 7.92. The van der Waals surface area contributed by atoms with Gasteiger partial charge in [0.1, 0.15) is 18.4 Å². The Morgan fingerprint density at radius 1 is 0.848 bits per heavy atom. The Morgan fingerprint density at radius 2 is 1.48 bits per heavy atom. The van der Waals surface area contributed by atoms with Gasteiger partial charge in [-0.1, -0.05) is 90.8 Å². The number of hydrogen-bond acceptors (Lipinski definition) is 4. The van der Waals surface area contributed by atoms with Crippen molar-refractivity contribution in [3.63, 3.8) is 0 Å². The fourth-order valence-corrected chi connectivity index (χ4v) is 6.72. The lowest BCUT2D eigenvalue weighted by Gasteiger charge is -2.34. The molecule has 4 rings (SSSR count). The molecule has 0 spiro atoms. The quantitative estimate of drug-likeness (QED) is 0.180. The van der Waals surface area contributed by atoms with Gasteiger partial charge in [-0.15, -0.1) is 0 Å². The van der Waals surface area contributed by atoms with Crippen LogP contribution >= 0.6 is 0 Å². The van der Waals surface area contributed by atoms with Gasteiger partial charge in [-0.25, -0.2) is 12.8 Å². The number of aryl methyl sites for hydroxylation is 3. The first-order valence-electron chi connectivity index (χ1n) is 15.4. The number of sulfonamides is 1. The summed E-state index contributed by atoms with van der Waals surface area (Å²) in [5.74, 6) is -1.57. The largest absolute Gasteiger partial charge is 0.352 e. The molecule has 0 aliphatic rings. The zero-order chi connectivity index (χ0) is 33.4. The molecule has 0 saturated carbocycles. The number of benzene rings is 4. The van der Waals surface area contributed by atoms with Gasteiger partial charge in [-0.2, -0.15) is 0 Å². The van der Waals surface area contributed by atoms with Crippen LogP contribution in [-0.4, -0.2) is 43.8 Å². The predicted octanol–water partition coefficient (Wildman–Crippen LogP) is 6.50. The van der Waals surface area contributed by atoms with E-state index in [1.807, 2.05) is 64.1 Å². The number of anilines is 1. The molecule has 46 heavy (non-hydrogen) atoms. The van der Waals surface area contributed by atoms with Crippen molar-refractivity contribution in [3.8, 4) is 0 Å². The van der Waals surface area contributed by atoms with Gasteiger partial charge in [0.25, 0.3) is 10.0 Å². The van der Waals surface area contributed by atoms with Crippen molar-refractivity contribution in [1.82, 2.24) is 10.2 Å². The number of nitrogens with zero attached hydrogens (tertiary/aromatic N) is 2. The van der Waals surface area contributed by atoms with Crippen LogP contribution in [0.3, 0.4) is 0 Å². The Kier molecular flexibility index (Phi) is 11.4. The fourth-order valence-electron chi connectivity index (χ4n) is 5.24. The van der Waals surface area contributed by atoms with Crippen LogP contribution in [0.1, 0.15) is 48.1 Å². The lowest BCUT2D eigenvalue weighted by Crippen LogP contribution is -2.54. The van der Waals surface area contributed by atoms with Gasteiger partial charge in [-0.3, -0.25) is 13.9 Å². The molecular weight excluding hydrogens is 601 g/mol. The molecule has 0 radical (unpaired) electrons. The third-order valence-corrected chi connectivity index (χ3v) is 9.85. The zero-order valence-corrected chi connectivity index (χ0v) is 27.9. The van der Waals surface area contributed by atoms with E-state index in [2.05, 4.69) is 5.32 Å². The molecule has 0 saturated heterocycles. The van der Waals surface area contributed by atoms with Crippen LogP contribution in [0.5, 0.6) is 0 Å². The van der Waals surface area contributed by atoms with E-state index >= 15 is 4.39 Å². The van der Waals surface area contributed by atoms with Crippen LogP contribution in [0, 0.1) is 26.6 Å². The molecule has 0 aromatic heterocycles. The van der Waals surface area contributed by atoms with Gasteiger partial charge in [0, 0.05) is 24.6 Å². The van der Waals surface area contributed by atoms with Crippen LogP contribution in [0.15, 0.2) is 102 Å². The highest BCUT2D eigenvalue weighted by Crippen LogP contribution is 2.29. The molecule has 0 heterocycles. The van der Waals surface area contributed by atoms with Crippen LogP contribution < -0.4 is 9.62 Å². The number of nitrogens with one attached hydrogen (secondary N) is 1. The van der Waals surface area contributed by atoms with Crippen molar-refractivity contribution in [2.75, 3.05) is 10.8 Å². The van der Waals surface area contributed by atoms with E-state index in [9.17, 15) is 18.0 Å². The molecule has 9 heteroatoms. The van der Waals surface area contributed by atoms with Crippen molar-refractivity contribution in [1.29, 1.82) is 0 Å². The Hall–Kier alpha value is -4.50. The lowest BCUT2D eigenvalue weighted by atomic mass is 10.0. The topological polar surface area (TPSA) is 86.8 Å². The second kappa shape index (κ2) is 15.2. The first kappa shape index (κ1) is 34.4. The predicted molar refractivity (Wildman–Crippen MR) is 180 cm³/mol. The second-order valence-corrected chi connectivity index (χ2v) is 13.6. The molecule has 2 amide bonds. The Bertz CT molecular complexity index is 1760. The van der Waals surface area contributed by atoms with Gasteiger partial charge in [0.15, 0.2) is 0 Å². The summed E-state index contributed by atoms with van der Waals surface area (Å²) < 4.78 is 44.7. The Morgan fingerprint density at radius 3 is 2.11 bits per heavy atom. The minimum absolute atomic E-state index is 0.0295. The maximum Gasteiger partial charge on any atom is 0.264 e. The minimum Gasteiger partial charge on any atom is -0.352 e. The van der Waals surface area contributed by atoms with E-state index in [4.69, 9.17) is 0 Å². The normalized spacial score (nSPS) is 12.7. The van der Waals surface area contributed by atoms with Crippen LogP contribution in [0.4, 0.5) is 10.1 Å². The smallest absolute Gasteiger partial charge is 0.264 e. The minimum atomic E-state index is -4.23. The summed E-state index contributed by atoms with van der Waals surface area (Å²) in [7, 11) is -4.23. The van der Waals surface area contributed by atoms with Gasteiger partial charge < -0.3 is 10.2 Å². The molecule has 0 bridgehead atoms. The van der Waals surface area contributed by atoms with Crippen LogP contribution in [-0.2, 0) is 32.6 Å². The van der Waals surface area contributed by atoms with Crippen molar-refractivity contribution in [2.45, 2.75) is 71.0 Å². The molecule has 4 aromatic carbocycles. The van der Waals surface area contributed by atoms with Crippen molar-refractivity contribution in [3.05, 3.63) is 131 Å². The molecule has 2 atom stereocenters. The van der Waals surface area contributed by atoms with E-state index in [1.54, 1.807) is 49.4 Å². The van der Waals surface area contributed by atoms with Crippen molar-refractivity contribution >= 4 is 27.5 Å². The average Bonchev–Trinajstić information content (AvgIpc) is 3.03. The van der Waals surface area contributed by atoms with E-state index in [0.717, 1.165) is 21.0 Å². The third kappa shape index (κ3) is 8.40. The highest BCUT2D eigenvalue weighted by Gasteiger charge is 2.35. The van der Waals surface area contributed by atoms with Crippen molar-refractivity contribution in [2.24, 2.45) is 0 Å². The standard InChI is InChI=1S/C37H42FN3O4S/c1-6-29(5)39-37(43)35(23-30-12-8-7-9-13-30)40(24-31-14-10-11-15-33(31)38)36(42)25-41(34-21-18-27(3)22-28(34)4)46(44,45)32-19-16-26(2)17-20-32/h7-22,29,35H,6,23-25H2,1-5H3,(H,39,43)/t29-,35+/m1/s1. The number of carbonyl (C=O) groups is 2. The number of hydrogen-bond donors (Lipinski definition) is 1. The molecule has 0 aliphatic carbocycles. The van der Waals surface area contributed by atoms with Gasteiger partial charge in [-0.05, 0) is 69.5 Å². The van der Waals surface area contributed by atoms with E-state index in [0.29, 0.717) is 17.7 Å². The zero-order valence-electron chi connectivity index (χ0n) is 27.0. The summed E-state index contributed by atoms with van der Waals surface area (Å²) in [6, 6.07) is 25.9. The molecule has 242 valence electrons. The summed E-state index contributed by atoms with van der Waals surface area (Å²) >= 11 is 0. The average molecular weight is 644 g/mol. The molecule has 0 fully saturated rings. The van der Waals surface area contributed by atoms with Crippen LogP contribution in [0.25, 0.3) is 0 Å². The monoisotopic (exact) mass is 643 g/mol. The molecule has 0 unspecified atom stereocenters. The number of carbonyl (C=O) groups excluding carboxylic acids is 2. The molecule has 4 aromatic rings. The van der Waals surface area contributed by atoms with E-state index in [1.165, 1.54) is 23.1 Å². The van der Waals surface area contributed by atoms with Crippen LogP contribution in [0.2, 0.25) is 0 Å². The lowest BCUT2D eigenvalue weighted by molar-refractivity contribution is -0.140. The first-order chi connectivity index (χ1) is 21.9. The summed E-state index contributed by atoms with van der Waals surface area (Å²) in [4.78, 5) is 29.8. The van der Waals surface area contributed by atoms with Gasteiger partial charge in [0.05, 0.1) is 10.6 Å². The van der Waals surface area contributed by atoms with E-state index in [-0.39, 0.29) is 29.5 Å². The number of halogens is 1. The molecular formula is C37H42FN3O4S. The summed E-state index contributed by atoms with van der Waals surface area (Å²) in [6.07, 6.45) is 0.817. The number of rotatable bonds is 13.